The number of fused-ring (bicyclic) bond motifs is 3. The van der Waals surface area contributed by atoms with Crippen LogP contribution in [0.3, 0.4) is 0 Å². The molecule has 23 heavy (non-hydrogen) atoms. The molecule has 1 saturated heterocycles. The zero-order chi connectivity index (χ0) is 16.2. The van der Waals surface area contributed by atoms with Gasteiger partial charge in [0.25, 0.3) is 0 Å². The maximum absolute atomic E-state index is 11.7. The van der Waals surface area contributed by atoms with Gasteiger partial charge in [0.05, 0.1) is 23.5 Å². The van der Waals surface area contributed by atoms with Crippen LogP contribution in [0, 0.1) is 0 Å². The van der Waals surface area contributed by atoms with Gasteiger partial charge in [-0.05, 0) is 25.8 Å². The predicted molar refractivity (Wildman–Crippen MR) is 86.5 cm³/mol. The van der Waals surface area contributed by atoms with Crippen LogP contribution in [0.1, 0.15) is 19.8 Å². The molecule has 4 rings (SSSR count). The van der Waals surface area contributed by atoms with Crippen molar-refractivity contribution < 1.29 is 8.42 Å². The molecule has 0 radical (unpaired) electrons. The molecule has 9 heteroatoms. The molecule has 1 fully saturated rings. The van der Waals surface area contributed by atoms with Crippen LogP contribution in [-0.4, -0.2) is 57.0 Å². The molecule has 4 heterocycles. The summed E-state index contributed by atoms with van der Waals surface area (Å²) in [6.45, 7) is 3.15. The monoisotopic (exact) mass is 334 g/mol. The van der Waals surface area contributed by atoms with Gasteiger partial charge in [0.2, 0.25) is 10.0 Å². The van der Waals surface area contributed by atoms with Gasteiger partial charge in [-0.25, -0.2) is 27.9 Å². The fourth-order valence-electron chi connectivity index (χ4n) is 3.32. The third-order valence-corrected chi connectivity index (χ3v) is 6.09. The summed E-state index contributed by atoms with van der Waals surface area (Å²) >= 11 is 0. The van der Waals surface area contributed by atoms with Crippen LogP contribution in [0.25, 0.3) is 22.1 Å². The van der Waals surface area contributed by atoms with Gasteiger partial charge in [0.1, 0.15) is 5.52 Å². The third-order valence-electron chi connectivity index (χ3n) is 4.79. The summed E-state index contributed by atoms with van der Waals surface area (Å²) in [6.07, 6.45) is 6.16. The average Bonchev–Trinajstić information content (AvgIpc) is 3.12. The Bertz CT molecular complexity index is 981. The number of hydrogen-bond acceptors (Lipinski definition) is 5. The Labute approximate surface area is 133 Å². The molecule has 0 saturated carbocycles. The lowest BCUT2D eigenvalue weighted by Crippen LogP contribution is -2.46. The van der Waals surface area contributed by atoms with Gasteiger partial charge in [0.15, 0.2) is 5.65 Å². The largest absolute Gasteiger partial charge is 0.263 e. The highest BCUT2D eigenvalue weighted by atomic mass is 32.2. The van der Waals surface area contributed by atoms with Gasteiger partial charge < -0.3 is 0 Å². The van der Waals surface area contributed by atoms with Gasteiger partial charge >= 0.3 is 0 Å². The molecule has 0 atom stereocenters. The molecule has 3 aromatic heterocycles. The molecule has 3 aromatic rings. The van der Waals surface area contributed by atoms with E-state index < -0.39 is 10.0 Å². The Hall–Kier alpha value is -2.00. The van der Waals surface area contributed by atoms with E-state index in [1.165, 1.54) is 10.6 Å². The van der Waals surface area contributed by atoms with Crippen molar-refractivity contribution in [1.29, 1.82) is 0 Å². The number of aromatic amines is 1. The lowest BCUT2D eigenvalue weighted by molar-refractivity contribution is 0.167. The number of hydrogen-bond donors (Lipinski definition) is 1. The first-order chi connectivity index (χ1) is 10.9. The first kappa shape index (κ1) is 14.6. The Balaban J connectivity index is 1.79. The number of nitrogens with one attached hydrogen (secondary N) is 1. The molecule has 0 amide bonds. The van der Waals surface area contributed by atoms with Crippen molar-refractivity contribution in [2.45, 2.75) is 25.3 Å². The summed E-state index contributed by atoms with van der Waals surface area (Å²) < 4.78 is 27.0. The summed E-state index contributed by atoms with van der Waals surface area (Å²) in [6, 6.07) is 1.94. The molecule has 1 aliphatic rings. The van der Waals surface area contributed by atoms with Crippen molar-refractivity contribution >= 4 is 32.1 Å². The molecule has 0 bridgehead atoms. The van der Waals surface area contributed by atoms with E-state index in [2.05, 4.69) is 27.2 Å². The second-order valence-electron chi connectivity index (χ2n) is 6.38. The molecule has 122 valence electrons. The van der Waals surface area contributed by atoms with Crippen LogP contribution >= 0.6 is 0 Å². The third kappa shape index (κ3) is 2.22. The van der Waals surface area contributed by atoms with E-state index in [0.717, 1.165) is 29.3 Å². The van der Waals surface area contributed by atoms with Gasteiger partial charge in [-0.2, -0.15) is 5.10 Å². The highest BCUT2D eigenvalue weighted by molar-refractivity contribution is 7.88. The van der Waals surface area contributed by atoms with Crippen molar-refractivity contribution in [2.24, 2.45) is 0 Å². The Kier molecular flexibility index (Phi) is 3.01. The SMILES string of the molecule is CC1(n2[nH]nc3cnc4nccc4c32)CCN(S(C)(=O)=O)CC1. The quantitative estimate of drug-likeness (QED) is 0.756. The topological polar surface area (TPSA) is 96.8 Å². The molecule has 0 aliphatic carbocycles. The van der Waals surface area contributed by atoms with Crippen molar-refractivity contribution in [3.63, 3.8) is 0 Å². The summed E-state index contributed by atoms with van der Waals surface area (Å²) in [7, 11) is -3.13. The smallest absolute Gasteiger partial charge is 0.211 e. The summed E-state index contributed by atoms with van der Waals surface area (Å²) in [5, 5.41) is 8.40. The second-order valence-corrected chi connectivity index (χ2v) is 8.36. The second kappa shape index (κ2) is 4.75. The molecule has 0 unspecified atom stereocenters. The van der Waals surface area contributed by atoms with Crippen LogP contribution < -0.4 is 0 Å². The number of H-pyrrole nitrogens is 1. The van der Waals surface area contributed by atoms with E-state index in [9.17, 15) is 8.42 Å². The number of aromatic nitrogens is 5. The number of sulfonamides is 1. The zero-order valence-electron chi connectivity index (χ0n) is 13.0. The lowest BCUT2D eigenvalue weighted by atomic mass is 9.90. The lowest BCUT2D eigenvalue weighted by Gasteiger charge is -2.39. The van der Waals surface area contributed by atoms with Gasteiger partial charge in [-0.3, -0.25) is 4.68 Å². The normalized spacial score (nSPS) is 19.6. The number of nitrogens with zero attached hydrogens (tertiary/aromatic N) is 5. The molecule has 8 nitrogen and oxygen atoms in total. The minimum Gasteiger partial charge on any atom is -0.263 e. The minimum atomic E-state index is -3.13. The summed E-state index contributed by atoms with van der Waals surface area (Å²) in [5.41, 5.74) is 2.24. The van der Waals surface area contributed by atoms with Crippen LogP contribution in [0.2, 0.25) is 0 Å². The van der Waals surface area contributed by atoms with Crippen LogP contribution in [0.4, 0.5) is 0 Å². The number of piperidine rings is 1. The highest BCUT2D eigenvalue weighted by Crippen LogP contribution is 2.34. The van der Waals surface area contributed by atoms with Crippen molar-refractivity contribution in [2.75, 3.05) is 19.3 Å². The Morgan fingerprint density at radius 3 is 2.70 bits per heavy atom. The van der Waals surface area contributed by atoms with Crippen LogP contribution in [0.5, 0.6) is 0 Å². The maximum atomic E-state index is 11.7. The Morgan fingerprint density at radius 2 is 2.00 bits per heavy atom. The molecule has 1 aliphatic heterocycles. The van der Waals surface area contributed by atoms with Crippen molar-refractivity contribution in [1.82, 2.24) is 29.3 Å². The minimum absolute atomic E-state index is 0.221. The van der Waals surface area contributed by atoms with Crippen LogP contribution in [0.15, 0.2) is 18.5 Å². The number of pyridine rings is 1. The first-order valence-electron chi connectivity index (χ1n) is 7.51. The average molecular weight is 334 g/mol. The molecule has 1 N–H and O–H groups in total. The van der Waals surface area contributed by atoms with Crippen LogP contribution in [-0.2, 0) is 15.6 Å². The summed E-state index contributed by atoms with van der Waals surface area (Å²) in [5.74, 6) is 0. The Morgan fingerprint density at radius 1 is 1.26 bits per heavy atom. The van der Waals surface area contributed by atoms with E-state index in [-0.39, 0.29) is 5.54 Å². The predicted octanol–water partition coefficient (Wildman–Crippen LogP) is 1.08. The first-order valence-corrected chi connectivity index (χ1v) is 9.35. The molecule has 0 aromatic carbocycles. The number of rotatable bonds is 2. The van der Waals surface area contributed by atoms with Gasteiger partial charge in [-0.15, -0.1) is 0 Å². The molecular formula is C14H18N6O2S. The van der Waals surface area contributed by atoms with Gasteiger partial charge in [-0.1, -0.05) is 0 Å². The zero-order valence-corrected chi connectivity index (χ0v) is 13.8. The van der Waals surface area contributed by atoms with Gasteiger partial charge in [0, 0.05) is 24.7 Å². The van der Waals surface area contributed by atoms with E-state index >= 15 is 0 Å². The highest BCUT2D eigenvalue weighted by Gasteiger charge is 2.36. The van der Waals surface area contributed by atoms with Crippen molar-refractivity contribution in [3.8, 4) is 0 Å². The maximum Gasteiger partial charge on any atom is 0.211 e. The summed E-state index contributed by atoms with van der Waals surface area (Å²) in [4.78, 5) is 8.55. The van der Waals surface area contributed by atoms with E-state index in [4.69, 9.17) is 0 Å². The van der Waals surface area contributed by atoms with E-state index in [1.54, 1.807) is 12.4 Å². The van der Waals surface area contributed by atoms with Crippen molar-refractivity contribution in [3.05, 3.63) is 18.5 Å². The van der Waals surface area contributed by atoms with E-state index in [0.29, 0.717) is 18.7 Å². The fourth-order valence-corrected chi connectivity index (χ4v) is 4.17. The molecular weight excluding hydrogens is 316 g/mol. The standard InChI is InChI=1S/C14H18N6O2S/c1-14(4-7-19(8-5-14)23(2,21)22)20-12-10-3-6-15-13(10)16-9-11(12)17-18-20/h3,6,9,18H,4-5,7-8H2,1-2H3. The fraction of sp³-hybridized carbons (Fsp3) is 0.500. The molecule has 0 spiro atoms. The van der Waals surface area contributed by atoms with E-state index in [1.807, 2.05) is 10.7 Å².